The van der Waals surface area contributed by atoms with Gasteiger partial charge in [-0.2, -0.15) is 0 Å². The van der Waals surface area contributed by atoms with E-state index in [0.29, 0.717) is 11.3 Å². The maximum absolute atomic E-state index is 9.19. The third-order valence-corrected chi connectivity index (χ3v) is 7.20. The Labute approximate surface area is 212 Å². The van der Waals surface area contributed by atoms with Gasteiger partial charge < -0.3 is 4.42 Å². The largest absolute Gasteiger partial charge is 0.455 e. The van der Waals surface area contributed by atoms with E-state index in [1.54, 1.807) is 12.3 Å². The standard InChI is InChI=1S/C33H35NO/c1-21-17-25-14-13-24(23-9-6-5-7-10-23)19-28(25)32-30(21)27-12-8-11-26(31(27)35-32)29-18-22(15-16-34-29)20-33(2,3)4/h8,11-19,23H,5-7,9-10,20H2,1-4H3/i20D2,23D. The number of para-hydroxylation sites is 1. The van der Waals surface area contributed by atoms with Gasteiger partial charge in [-0.15, -0.1) is 0 Å². The number of rotatable bonds is 3. The molecule has 1 aliphatic carbocycles. The molecule has 0 aliphatic heterocycles. The summed E-state index contributed by atoms with van der Waals surface area (Å²) in [5, 5.41) is 4.30. The fourth-order valence-corrected chi connectivity index (χ4v) is 5.66. The summed E-state index contributed by atoms with van der Waals surface area (Å²) in [5.74, 6) is -0.531. The van der Waals surface area contributed by atoms with E-state index in [0.717, 1.165) is 75.1 Å². The lowest BCUT2D eigenvalue weighted by Gasteiger charge is -2.22. The first kappa shape index (κ1) is 19.1. The average Bonchev–Trinajstić information content (AvgIpc) is 3.29. The molecular formula is C33H35NO. The number of benzene rings is 3. The van der Waals surface area contributed by atoms with Crippen LogP contribution in [-0.4, -0.2) is 4.98 Å². The van der Waals surface area contributed by atoms with Gasteiger partial charge in [0, 0.05) is 32.0 Å². The van der Waals surface area contributed by atoms with Crippen LogP contribution < -0.4 is 0 Å². The van der Waals surface area contributed by atoms with Crippen LogP contribution in [-0.2, 0) is 6.37 Å². The van der Waals surface area contributed by atoms with Gasteiger partial charge in [-0.1, -0.05) is 70.4 Å². The number of aryl methyl sites for hydroxylation is 1. The van der Waals surface area contributed by atoms with Gasteiger partial charge in [0.2, 0.25) is 0 Å². The molecule has 2 aromatic heterocycles. The van der Waals surface area contributed by atoms with Crippen LogP contribution in [0.5, 0.6) is 0 Å². The summed E-state index contributed by atoms with van der Waals surface area (Å²) in [6.07, 6.45) is 5.43. The zero-order chi connectivity index (χ0) is 26.9. The van der Waals surface area contributed by atoms with E-state index < -0.39 is 17.7 Å². The number of hydrogen-bond acceptors (Lipinski definition) is 2. The molecule has 5 aromatic rings. The highest BCUT2D eigenvalue weighted by atomic mass is 16.3. The second-order valence-corrected chi connectivity index (χ2v) is 11.1. The highest BCUT2D eigenvalue weighted by molar-refractivity contribution is 6.18. The van der Waals surface area contributed by atoms with Gasteiger partial charge in [-0.05, 0) is 83.8 Å². The lowest BCUT2D eigenvalue weighted by Crippen LogP contribution is -2.09. The van der Waals surface area contributed by atoms with Crippen molar-refractivity contribution in [3.05, 3.63) is 77.5 Å². The fourth-order valence-electron chi connectivity index (χ4n) is 5.66. The predicted molar refractivity (Wildman–Crippen MR) is 148 cm³/mol. The number of fused-ring (bicyclic) bond motifs is 5. The summed E-state index contributed by atoms with van der Waals surface area (Å²) in [4.78, 5) is 4.64. The smallest absolute Gasteiger partial charge is 0.144 e. The number of furan rings is 1. The zero-order valence-corrected chi connectivity index (χ0v) is 21.2. The van der Waals surface area contributed by atoms with E-state index in [1.165, 1.54) is 6.42 Å². The molecule has 6 rings (SSSR count). The average molecular weight is 465 g/mol. The van der Waals surface area contributed by atoms with Gasteiger partial charge in [0.25, 0.3) is 0 Å². The minimum absolute atomic E-state index is 0.531. The maximum atomic E-state index is 9.19. The topological polar surface area (TPSA) is 26.0 Å². The summed E-state index contributed by atoms with van der Waals surface area (Å²) in [6, 6.07) is 18.5. The third kappa shape index (κ3) is 4.14. The Morgan fingerprint density at radius 1 is 0.971 bits per heavy atom. The molecular weight excluding hydrogens is 426 g/mol. The molecule has 0 radical (unpaired) electrons. The minimum Gasteiger partial charge on any atom is -0.455 e. The first-order valence-corrected chi connectivity index (χ1v) is 12.9. The second-order valence-electron chi connectivity index (χ2n) is 11.1. The summed E-state index contributed by atoms with van der Waals surface area (Å²) in [5.41, 5.74) is 5.47. The van der Waals surface area contributed by atoms with E-state index in [1.807, 2.05) is 39.0 Å². The summed E-state index contributed by atoms with van der Waals surface area (Å²) in [7, 11) is 0. The number of aromatic nitrogens is 1. The van der Waals surface area contributed by atoms with E-state index in [2.05, 4.69) is 42.2 Å². The Morgan fingerprint density at radius 2 is 1.80 bits per heavy atom. The highest BCUT2D eigenvalue weighted by Crippen LogP contribution is 2.42. The molecule has 0 bridgehead atoms. The fraction of sp³-hybridized carbons (Fsp3) is 0.364. The Kier molecular flexibility index (Phi) is 4.65. The quantitative estimate of drug-likeness (QED) is 0.265. The van der Waals surface area contributed by atoms with Crippen molar-refractivity contribution >= 4 is 32.7 Å². The minimum atomic E-state index is -1.51. The van der Waals surface area contributed by atoms with Gasteiger partial charge in [0.05, 0.1) is 5.69 Å². The van der Waals surface area contributed by atoms with Crippen LogP contribution in [0.15, 0.2) is 65.2 Å². The molecule has 178 valence electrons. The molecule has 0 amide bonds. The molecule has 0 atom stereocenters. The highest BCUT2D eigenvalue weighted by Gasteiger charge is 2.20. The molecule has 35 heavy (non-hydrogen) atoms. The number of pyridine rings is 1. The second kappa shape index (κ2) is 8.52. The summed E-state index contributed by atoms with van der Waals surface area (Å²) < 4.78 is 33.4. The lowest BCUT2D eigenvalue weighted by molar-refractivity contribution is 0.411. The van der Waals surface area contributed by atoms with Crippen LogP contribution in [0.2, 0.25) is 0 Å². The zero-order valence-electron chi connectivity index (χ0n) is 24.2. The maximum Gasteiger partial charge on any atom is 0.144 e. The lowest BCUT2D eigenvalue weighted by atomic mass is 9.83. The number of nitrogens with zero attached hydrogens (tertiary/aromatic N) is 1. The van der Waals surface area contributed by atoms with Crippen molar-refractivity contribution in [3.8, 4) is 11.3 Å². The van der Waals surface area contributed by atoms with Crippen molar-refractivity contribution in [2.75, 3.05) is 0 Å². The molecule has 0 saturated heterocycles. The SMILES string of the molecule is [2H]C1(c2ccc3cc(C)c4c5cccc(-c6cc(C([2H])([2H])C(C)(C)C)ccn6)c5oc4c3c2)CCCCC1. The Morgan fingerprint density at radius 3 is 2.60 bits per heavy atom. The molecule has 0 spiro atoms. The van der Waals surface area contributed by atoms with Crippen molar-refractivity contribution in [1.29, 1.82) is 0 Å². The van der Waals surface area contributed by atoms with E-state index in [-0.39, 0.29) is 0 Å². The van der Waals surface area contributed by atoms with E-state index >= 15 is 0 Å². The van der Waals surface area contributed by atoms with Gasteiger partial charge >= 0.3 is 0 Å². The predicted octanol–water partition coefficient (Wildman–Crippen LogP) is 9.75. The monoisotopic (exact) mass is 464 g/mol. The molecule has 2 heterocycles. The third-order valence-electron chi connectivity index (χ3n) is 7.20. The first-order chi connectivity index (χ1) is 18.0. The Bertz CT molecular complexity index is 1690. The number of hydrogen-bond donors (Lipinski definition) is 0. The van der Waals surface area contributed by atoms with Crippen molar-refractivity contribution < 1.29 is 8.53 Å². The normalized spacial score (nSPS) is 18.0. The van der Waals surface area contributed by atoms with E-state index in [4.69, 9.17) is 7.16 Å². The van der Waals surface area contributed by atoms with Crippen LogP contribution in [0.25, 0.3) is 44.0 Å². The van der Waals surface area contributed by atoms with Crippen molar-refractivity contribution in [1.82, 2.24) is 4.98 Å². The van der Waals surface area contributed by atoms with Crippen molar-refractivity contribution in [2.24, 2.45) is 5.41 Å². The van der Waals surface area contributed by atoms with Crippen molar-refractivity contribution in [3.63, 3.8) is 0 Å². The molecule has 2 nitrogen and oxygen atoms in total. The molecule has 1 saturated carbocycles. The Balaban J connectivity index is 1.57. The molecule has 2 heteroatoms. The molecule has 3 aromatic carbocycles. The summed E-state index contributed by atoms with van der Waals surface area (Å²) in [6.45, 7) is 7.89. The molecule has 1 aliphatic rings. The van der Waals surface area contributed by atoms with Crippen LogP contribution in [0.3, 0.4) is 0 Å². The van der Waals surface area contributed by atoms with Crippen LogP contribution in [0.1, 0.15) is 79.6 Å². The van der Waals surface area contributed by atoms with Gasteiger partial charge in [0.1, 0.15) is 11.2 Å². The van der Waals surface area contributed by atoms with Crippen LogP contribution in [0, 0.1) is 12.3 Å². The van der Waals surface area contributed by atoms with Crippen LogP contribution >= 0.6 is 0 Å². The molecule has 1 fully saturated rings. The summed E-state index contributed by atoms with van der Waals surface area (Å²) >= 11 is 0. The van der Waals surface area contributed by atoms with Gasteiger partial charge in [-0.3, -0.25) is 4.98 Å². The first-order valence-electron chi connectivity index (χ1n) is 14.4. The van der Waals surface area contributed by atoms with Crippen LogP contribution in [0.4, 0.5) is 0 Å². The van der Waals surface area contributed by atoms with Crippen molar-refractivity contribution in [2.45, 2.75) is 72.1 Å². The van der Waals surface area contributed by atoms with Gasteiger partial charge in [0.15, 0.2) is 0 Å². The molecule has 0 N–H and O–H groups in total. The van der Waals surface area contributed by atoms with E-state index in [9.17, 15) is 1.37 Å². The Hall–Kier alpha value is -3.13. The molecule has 0 unspecified atom stereocenters. The van der Waals surface area contributed by atoms with Gasteiger partial charge in [-0.25, -0.2) is 0 Å².